The van der Waals surface area contributed by atoms with E-state index in [1.807, 2.05) is 36.4 Å². The van der Waals surface area contributed by atoms with Gasteiger partial charge in [-0.25, -0.2) is 14.7 Å². The van der Waals surface area contributed by atoms with Gasteiger partial charge in [0.15, 0.2) is 4.34 Å². The van der Waals surface area contributed by atoms with Crippen molar-refractivity contribution in [3.05, 3.63) is 53.6 Å². The lowest BCUT2D eigenvalue weighted by atomic mass is 10.1. The smallest absolute Gasteiger partial charge is 0.365 e. The summed E-state index contributed by atoms with van der Waals surface area (Å²) in [7, 11) is 3.22. The highest BCUT2D eigenvalue weighted by Gasteiger charge is 2.55. The van der Waals surface area contributed by atoms with E-state index >= 15 is 0 Å². The number of para-hydroxylation sites is 1. The third-order valence-corrected chi connectivity index (χ3v) is 9.47. The number of aliphatic imine (C=N–C) groups is 1. The largest absolute Gasteiger partial charge is 0.392 e. The average molecular weight is 569 g/mol. The SMILES string of the molecule is CN1C(=O)C2C(=NC(=[N+]3CCN(c4cccc(Cl)c4)CC3)N2CCSc2nc3ccccc3s2)N(C)C1=O. The Morgan fingerprint density at radius 2 is 1.87 bits per heavy atom. The third kappa shape index (κ3) is 4.52. The summed E-state index contributed by atoms with van der Waals surface area (Å²) in [6.07, 6.45) is 0. The molecular formula is C26H27ClN7O2S2+. The van der Waals surface area contributed by atoms with Crippen LogP contribution in [0.1, 0.15) is 0 Å². The number of aromatic nitrogens is 1. The Morgan fingerprint density at radius 3 is 2.63 bits per heavy atom. The lowest BCUT2D eigenvalue weighted by molar-refractivity contribution is -0.534. The maximum Gasteiger partial charge on any atom is 0.392 e. The van der Waals surface area contributed by atoms with E-state index < -0.39 is 6.04 Å². The van der Waals surface area contributed by atoms with Crippen molar-refractivity contribution < 1.29 is 14.2 Å². The number of nitrogens with zero attached hydrogens (tertiary/aromatic N) is 7. The molecule has 2 aromatic carbocycles. The zero-order valence-corrected chi connectivity index (χ0v) is 23.5. The van der Waals surface area contributed by atoms with Crippen LogP contribution >= 0.6 is 34.7 Å². The van der Waals surface area contributed by atoms with E-state index in [0.717, 1.165) is 63.2 Å². The number of thioether (sulfide) groups is 1. The normalized spacial score (nSPS) is 20.1. The quantitative estimate of drug-likeness (QED) is 0.346. The number of piperazine rings is 1. The van der Waals surface area contributed by atoms with E-state index in [1.54, 1.807) is 30.1 Å². The van der Waals surface area contributed by atoms with E-state index in [9.17, 15) is 9.59 Å². The van der Waals surface area contributed by atoms with Crippen molar-refractivity contribution >= 4 is 74.3 Å². The lowest BCUT2D eigenvalue weighted by Crippen LogP contribution is -2.63. The van der Waals surface area contributed by atoms with Crippen LogP contribution in [0, 0.1) is 0 Å². The van der Waals surface area contributed by atoms with E-state index in [0.29, 0.717) is 12.4 Å². The Bertz CT molecular complexity index is 1450. The molecule has 2 saturated heterocycles. The molecule has 0 N–H and O–H groups in total. The van der Waals surface area contributed by atoms with Crippen LogP contribution in [0.4, 0.5) is 10.5 Å². The van der Waals surface area contributed by atoms with Gasteiger partial charge in [-0.15, -0.1) is 11.3 Å². The number of fused-ring (bicyclic) bond motifs is 2. The second-order valence-electron chi connectivity index (χ2n) is 9.35. The molecule has 12 heteroatoms. The van der Waals surface area contributed by atoms with E-state index in [-0.39, 0.29) is 11.9 Å². The van der Waals surface area contributed by atoms with Gasteiger partial charge >= 0.3 is 12.0 Å². The Balaban J connectivity index is 1.24. The van der Waals surface area contributed by atoms with Crippen LogP contribution in [0.25, 0.3) is 10.2 Å². The van der Waals surface area contributed by atoms with Crippen molar-refractivity contribution in [2.45, 2.75) is 10.4 Å². The molecule has 1 atom stereocenters. The number of hydrogen-bond acceptors (Lipinski definition) is 6. The molecule has 38 heavy (non-hydrogen) atoms. The number of guanidine groups is 1. The number of carbonyl (C=O) groups is 2. The fraction of sp³-hybridized carbons (Fsp3) is 0.346. The predicted molar refractivity (Wildman–Crippen MR) is 153 cm³/mol. The summed E-state index contributed by atoms with van der Waals surface area (Å²) in [5.74, 6) is 1.74. The number of hydrogen-bond donors (Lipinski definition) is 0. The molecule has 1 aromatic heterocycles. The number of amides is 3. The molecule has 3 aliphatic rings. The average Bonchev–Trinajstić information content (AvgIpc) is 3.52. The minimum atomic E-state index is -0.611. The van der Waals surface area contributed by atoms with Crippen molar-refractivity contribution in [3.8, 4) is 0 Å². The van der Waals surface area contributed by atoms with E-state index in [4.69, 9.17) is 21.6 Å². The molecule has 0 spiro atoms. The minimum absolute atomic E-state index is 0.246. The summed E-state index contributed by atoms with van der Waals surface area (Å²) in [6.45, 7) is 3.69. The molecule has 0 bridgehead atoms. The number of anilines is 1. The highest BCUT2D eigenvalue weighted by Crippen LogP contribution is 2.30. The molecule has 2 fully saturated rings. The zero-order valence-electron chi connectivity index (χ0n) is 21.1. The standard InChI is InChI=1S/C26H27ClN7O2S2/c1-30-22-21(23(35)31(2)26(30)36)34(14-15-37-25-28-19-8-3-4-9-20(19)38-25)24(29-22)33-12-10-32(11-13-33)18-7-5-6-17(27)16-18/h3-9,16,21H,10-15H2,1-2H3/q+1. The monoisotopic (exact) mass is 568 g/mol. The predicted octanol–water partition coefficient (Wildman–Crippen LogP) is 3.54. The molecule has 3 amide bonds. The van der Waals surface area contributed by atoms with Gasteiger partial charge in [-0.05, 0) is 30.3 Å². The number of halogens is 1. The van der Waals surface area contributed by atoms with Gasteiger partial charge in [0.25, 0.3) is 5.91 Å². The maximum absolute atomic E-state index is 13.3. The maximum atomic E-state index is 13.3. The molecule has 3 aromatic rings. The van der Waals surface area contributed by atoms with Crippen molar-refractivity contribution in [1.82, 2.24) is 19.7 Å². The van der Waals surface area contributed by atoms with Crippen LogP contribution in [0.5, 0.6) is 0 Å². The van der Waals surface area contributed by atoms with Gasteiger partial charge in [-0.1, -0.05) is 46.6 Å². The lowest BCUT2D eigenvalue weighted by Gasteiger charge is -2.34. The third-order valence-electron chi connectivity index (χ3n) is 7.08. The first-order valence-corrected chi connectivity index (χ1v) is 14.6. The first kappa shape index (κ1) is 25.1. The van der Waals surface area contributed by atoms with Crippen molar-refractivity contribution in [1.29, 1.82) is 0 Å². The summed E-state index contributed by atoms with van der Waals surface area (Å²) in [4.78, 5) is 42.6. The van der Waals surface area contributed by atoms with Crippen LogP contribution in [-0.2, 0) is 4.79 Å². The second-order valence-corrected chi connectivity index (χ2v) is 12.2. The second kappa shape index (κ2) is 10.2. The van der Waals surface area contributed by atoms with Gasteiger partial charge in [0.1, 0.15) is 0 Å². The Hall–Kier alpha value is -3.15. The van der Waals surface area contributed by atoms with Crippen LogP contribution < -0.4 is 4.90 Å². The molecule has 196 valence electrons. The highest BCUT2D eigenvalue weighted by atomic mass is 35.5. The number of urea groups is 1. The van der Waals surface area contributed by atoms with Crippen molar-refractivity contribution in [2.24, 2.45) is 4.99 Å². The van der Waals surface area contributed by atoms with Crippen molar-refractivity contribution in [3.63, 3.8) is 0 Å². The summed E-state index contributed by atoms with van der Waals surface area (Å²) < 4.78 is 4.39. The van der Waals surface area contributed by atoms with Crippen LogP contribution in [0.2, 0.25) is 5.02 Å². The molecule has 0 saturated carbocycles. The van der Waals surface area contributed by atoms with Gasteiger partial charge in [0.2, 0.25) is 11.9 Å². The van der Waals surface area contributed by atoms with Gasteiger partial charge in [-0.3, -0.25) is 19.2 Å². The number of carbonyl (C=O) groups excluding carboxylic acids is 2. The molecule has 1 unspecified atom stereocenters. The number of benzene rings is 2. The van der Waals surface area contributed by atoms with E-state index in [2.05, 4.69) is 26.5 Å². The summed E-state index contributed by atoms with van der Waals surface area (Å²) in [6, 6.07) is 15.0. The zero-order chi connectivity index (χ0) is 26.4. The van der Waals surface area contributed by atoms with Gasteiger partial charge in [0.05, 0.1) is 29.9 Å². The van der Waals surface area contributed by atoms with Crippen LogP contribution in [0.15, 0.2) is 57.9 Å². The number of thiazole rings is 1. The Morgan fingerprint density at radius 1 is 1.08 bits per heavy atom. The highest BCUT2D eigenvalue weighted by molar-refractivity contribution is 8.01. The summed E-state index contributed by atoms with van der Waals surface area (Å²) >= 11 is 9.57. The van der Waals surface area contributed by atoms with Crippen LogP contribution in [0.3, 0.4) is 0 Å². The summed E-state index contributed by atoms with van der Waals surface area (Å²) in [5, 5.41) is 0.720. The first-order valence-electron chi connectivity index (χ1n) is 12.4. The van der Waals surface area contributed by atoms with Gasteiger partial charge in [-0.2, -0.15) is 0 Å². The fourth-order valence-electron chi connectivity index (χ4n) is 5.05. The number of likely N-dealkylation sites (N-methyl/N-ethyl adjacent to an activating group) is 2. The number of imide groups is 1. The Labute approximate surface area is 234 Å². The molecule has 9 nitrogen and oxygen atoms in total. The van der Waals surface area contributed by atoms with Gasteiger partial charge < -0.3 is 4.90 Å². The molecule has 4 heterocycles. The van der Waals surface area contributed by atoms with Crippen LogP contribution in [-0.4, -0.2) is 107 Å². The topological polar surface area (TPSA) is 75.4 Å². The summed E-state index contributed by atoms with van der Waals surface area (Å²) in [5.41, 5.74) is 2.10. The number of amidine groups is 1. The van der Waals surface area contributed by atoms with Crippen molar-refractivity contribution in [2.75, 3.05) is 57.5 Å². The molecule has 0 aliphatic carbocycles. The number of rotatable bonds is 5. The molecule has 0 radical (unpaired) electrons. The molecular weight excluding hydrogens is 542 g/mol. The molecule has 3 aliphatic heterocycles. The fourth-order valence-corrected chi connectivity index (χ4v) is 7.31. The van der Waals surface area contributed by atoms with E-state index in [1.165, 1.54) is 16.8 Å². The Kier molecular flexibility index (Phi) is 6.75. The molecule has 6 rings (SSSR count). The van der Waals surface area contributed by atoms with Gasteiger partial charge in [0, 0.05) is 43.6 Å². The first-order chi connectivity index (χ1) is 18.4. The minimum Gasteiger partial charge on any atom is -0.365 e.